The number of aromatic nitrogens is 2. The van der Waals surface area contributed by atoms with Gasteiger partial charge in [-0.15, -0.1) is 0 Å². The highest BCUT2D eigenvalue weighted by atomic mass is 16.6. The van der Waals surface area contributed by atoms with E-state index in [1.54, 1.807) is 6.20 Å². The molecule has 0 saturated carbocycles. The summed E-state index contributed by atoms with van der Waals surface area (Å²) >= 11 is 0. The van der Waals surface area contributed by atoms with Gasteiger partial charge in [-0.25, -0.2) is 14.8 Å². The lowest BCUT2D eigenvalue weighted by atomic mass is 9.97. The van der Waals surface area contributed by atoms with Crippen LogP contribution in [0.1, 0.15) is 44.9 Å². The zero-order valence-electron chi connectivity index (χ0n) is 22.8. The van der Waals surface area contributed by atoms with E-state index in [0.717, 1.165) is 28.1 Å². The van der Waals surface area contributed by atoms with Crippen LogP contribution in [-0.4, -0.2) is 63.3 Å². The van der Waals surface area contributed by atoms with Crippen molar-refractivity contribution >= 4 is 23.7 Å². The van der Waals surface area contributed by atoms with Crippen molar-refractivity contribution in [3.8, 4) is 11.3 Å². The summed E-state index contributed by atoms with van der Waals surface area (Å²) < 4.78 is 5.37. The number of carbonyl (C=O) groups is 2. The largest absolute Gasteiger partial charge is 0.465 e. The standard InChI is InChI=1S/C29H36N6O4/c1-19-26(31-14-15-35(19)28(37)38)20-9-7-10-22(16-20)33-27-32-13-12-24(34-27)23-11-6-5-8-21(23)17-30-18-25(36)39-29(2,3)4/h5-13,16,19,26,30-31H,14-15,17-18H2,1-4H3,(H,37,38)(H,32,33,34). The normalized spacial score (nSPS) is 17.5. The van der Waals surface area contributed by atoms with Crippen LogP contribution in [0.2, 0.25) is 0 Å². The number of piperazine rings is 1. The SMILES string of the molecule is CC1C(c2cccc(Nc3nccc(-c4ccccc4CNCC(=O)OC(C)(C)C)n3)c2)NCCN1C(=O)O. The van der Waals surface area contributed by atoms with E-state index < -0.39 is 11.7 Å². The predicted octanol–water partition coefficient (Wildman–Crippen LogP) is 4.33. The van der Waals surface area contributed by atoms with E-state index in [2.05, 4.69) is 20.9 Å². The van der Waals surface area contributed by atoms with Crippen LogP contribution in [0.25, 0.3) is 11.3 Å². The Bertz CT molecular complexity index is 1310. The van der Waals surface area contributed by atoms with Crippen molar-refractivity contribution in [1.82, 2.24) is 25.5 Å². The monoisotopic (exact) mass is 532 g/mol. The van der Waals surface area contributed by atoms with Gasteiger partial charge in [0.15, 0.2) is 0 Å². The second-order valence-electron chi connectivity index (χ2n) is 10.5. The molecule has 4 rings (SSSR count). The lowest BCUT2D eigenvalue weighted by Gasteiger charge is -2.38. The van der Waals surface area contributed by atoms with E-state index in [9.17, 15) is 14.7 Å². The first-order chi connectivity index (χ1) is 18.6. The Hall–Kier alpha value is -4.02. The summed E-state index contributed by atoms with van der Waals surface area (Å²) in [6, 6.07) is 17.2. The van der Waals surface area contributed by atoms with Crippen LogP contribution in [0.15, 0.2) is 60.8 Å². The summed E-state index contributed by atoms with van der Waals surface area (Å²) in [6.07, 6.45) is 0.795. The Morgan fingerprint density at radius 2 is 1.95 bits per heavy atom. The van der Waals surface area contributed by atoms with Gasteiger partial charge in [0.25, 0.3) is 0 Å². The highest BCUT2D eigenvalue weighted by molar-refractivity contribution is 5.72. The van der Waals surface area contributed by atoms with Gasteiger partial charge in [0, 0.05) is 37.1 Å². The molecule has 1 fully saturated rings. The molecule has 0 radical (unpaired) electrons. The zero-order valence-corrected chi connectivity index (χ0v) is 22.8. The number of esters is 1. The van der Waals surface area contributed by atoms with Crippen LogP contribution in [-0.2, 0) is 16.1 Å². The second-order valence-corrected chi connectivity index (χ2v) is 10.5. The van der Waals surface area contributed by atoms with Crippen molar-refractivity contribution in [1.29, 1.82) is 0 Å². The van der Waals surface area contributed by atoms with Crippen LogP contribution in [0.3, 0.4) is 0 Å². The van der Waals surface area contributed by atoms with E-state index in [-0.39, 0.29) is 24.6 Å². The Balaban J connectivity index is 1.46. The van der Waals surface area contributed by atoms with E-state index in [4.69, 9.17) is 9.72 Å². The Labute approximate surface area is 228 Å². The zero-order chi connectivity index (χ0) is 28.0. The number of benzene rings is 2. The van der Waals surface area contributed by atoms with Crippen molar-refractivity contribution in [2.75, 3.05) is 25.0 Å². The quantitative estimate of drug-likeness (QED) is 0.313. The number of carboxylic acid groups (broad SMARTS) is 1. The molecule has 10 heteroatoms. The predicted molar refractivity (Wildman–Crippen MR) is 150 cm³/mol. The molecule has 0 aliphatic carbocycles. The van der Waals surface area contributed by atoms with Gasteiger partial charge in [-0.05, 0) is 57.0 Å². The van der Waals surface area contributed by atoms with E-state index in [1.807, 2.05) is 82.3 Å². The lowest BCUT2D eigenvalue weighted by molar-refractivity contribution is -0.153. The molecule has 1 amide bonds. The van der Waals surface area contributed by atoms with Gasteiger partial charge in [-0.3, -0.25) is 4.79 Å². The molecule has 10 nitrogen and oxygen atoms in total. The third kappa shape index (κ3) is 7.52. The number of rotatable bonds is 8. The van der Waals surface area contributed by atoms with Crippen LogP contribution < -0.4 is 16.0 Å². The molecular weight excluding hydrogens is 496 g/mol. The molecule has 3 aromatic rings. The maximum atomic E-state index is 12.1. The van der Waals surface area contributed by atoms with E-state index in [0.29, 0.717) is 25.6 Å². The highest BCUT2D eigenvalue weighted by Gasteiger charge is 2.31. The molecule has 206 valence electrons. The highest BCUT2D eigenvalue weighted by Crippen LogP contribution is 2.28. The smallest absolute Gasteiger partial charge is 0.407 e. The number of hydrogen-bond acceptors (Lipinski definition) is 8. The van der Waals surface area contributed by atoms with Gasteiger partial charge in [0.05, 0.1) is 24.3 Å². The number of amides is 1. The number of hydrogen-bond donors (Lipinski definition) is 4. The summed E-state index contributed by atoms with van der Waals surface area (Å²) in [7, 11) is 0. The summed E-state index contributed by atoms with van der Waals surface area (Å²) in [5.74, 6) is 0.141. The van der Waals surface area contributed by atoms with Gasteiger partial charge < -0.3 is 30.7 Å². The molecule has 39 heavy (non-hydrogen) atoms. The average molecular weight is 533 g/mol. The van der Waals surface area contributed by atoms with Crippen LogP contribution >= 0.6 is 0 Å². The fraction of sp³-hybridized carbons (Fsp3) is 0.379. The third-order valence-electron chi connectivity index (χ3n) is 6.39. The van der Waals surface area contributed by atoms with Gasteiger partial charge >= 0.3 is 12.1 Å². The molecule has 0 bridgehead atoms. The first-order valence-electron chi connectivity index (χ1n) is 13.0. The van der Waals surface area contributed by atoms with Crippen LogP contribution in [0.4, 0.5) is 16.4 Å². The molecule has 1 saturated heterocycles. The maximum Gasteiger partial charge on any atom is 0.407 e. The van der Waals surface area contributed by atoms with Crippen LogP contribution in [0, 0.1) is 0 Å². The molecule has 1 aromatic heterocycles. The molecule has 1 aliphatic heterocycles. The van der Waals surface area contributed by atoms with Gasteiger partial charge in [0.2, 0.25) is 5.95 Å². The molecule has 2 heterocycles. The van der Waals surface area contributed by atoms with Crippen molar-refractivity contribution < 1.29 is 19.4 Å². The fourth-order valence-electron chi connectivity index (χ4n) is 4.67. The summed E-state index contributed by atoms with van der Waals surface area (Å²) in [4.78, 5) is 34.3. The van der Waals surface area contributed by atoms with E-state index in [1.165, 1.54) is 4.90 Å². The first kappa shape index (κ1) is 28.0. The summed E-state index contributed by atoms with van der Waals surface area (Å²) in [6.45, 7) is 9.09. The van der Waals surface area contributed by atoms with Crippen molar-refractivity contribution in [2.24, 2.45) is 0 Å². The maximum absolute atomic E-state index is 12.1. The molecule has 2 unspecified atom stereocenters. The first-order valence-corrected chi connectivity index (χ1v) is 13.0. The van der Waals surface area contributed by atoms with Crippen LogP contribution in [0.5, 0.6) is 0 Å². The van der Waals surface area contributed by atoms with Crippen molar-refractivity contribution in [2.45, 2.75) is 51.9 Å². The van der Waals surface area contributed by atoms with Gasteiger partial charge in [-0.1, -0.05) is 36.4 Å². The Morgan fingerprint density at radius 1 is 1.15 bits per heavy atom. The summed E-state index contributed by atoms with van der Waals surface area (Å²) in [5.41, 5.74) is 3.94. The third-order valence-corrected chi connectivity index (χ3v) is 6.39. The number of ether oxygens (including phenoxy) is 1. The molecule has 1 aliphatic rings. The average Bonchev–Trinajstić information content (AvgIpc) is 2.88. The number of nitrogens with one attached hydrogen (secondary N) is 3. The molecule has 2 atom stereocenters. The minimum atomic E-state index is -0.909. The molecular formula is C29H36N6O4. The molecule has 0 spiro atoms. The Kier molecular flexibility index (Phi) is 8.78. The number of anilines is 2. The van der Waals surface area contributed by atoms with E-state index >= 15 is 0 Å². The number of carbonyl (C=O) groups excluding carboxylic acids is 1. The van der Waals surface area contributed by atoms with Gasteiger partial charge in [0.1, 0.15) is 5.60 Å². The topological polar surface area (TPSA) is 129 Å². The lowest BCUT2D eigenvalue weighted by Crippen LogP contribution is -2.53. The fourth-order valence-corrected chi connectivity index (χ4v) is 4.67. The molecule has 4 N–H and O–H groups in total. The van der Waals surface area contributed by atoms with Crippen molar-refractivity contribution in [3.63, 3.8) is 0 Å². The second kappa shape index (κ2) is 12.2. The van der Waals surface area contributed by atoms with Crippen molar-refractivity contribution in [3.05, 3.63) is 71.9 Å². The summed E-state index contributed by atoms with van der Waals surface area (Å²) in [5, 5.41) is 19.4. The minimum Gasteiger partial charge on any atom is -0.465 e. The molecule has 2 aromatic carbocycles. The number of nitrogens with zero attached hydrogens (tertiary/aromatic N) is 3. The Morgan fingerprint density at radius 3 is 2.72 bits per heavy atom. The minimum absolute atomic E-state index is 0.108. The van der Waals surface area contributed by atoms with Gasteiger partial charge in [-0.2, -0.15) is 0 Å².